The predicted octanol–water partition coefficient (Wildman–Crippen LogP) is 2.16. The summed E-state index contributed by atoms with van der Waals surface area (Å²) in [5.74, 6) is -0.133. The first-order chi connectivity index (χ1) is 10.6. The van der Waals surface area contributed by atoms with Crippen molar-refractivity contribution in [1.29, 1.82) is 0 Å². The van der Waals surface area contributed by atoms with Gasteiger partial charge in [0.15, 0.2) is 0 Å². The van der Waals surface area contributed by atoms with Crippen molar-refractivity contribution in [2.75, 3.05) is 37.5 Å². The van der Waals surface area contributed by atoms with E-state index in [-0.39, 0.29) is 11.9 Å². The molecule has 116 valence electrons. The number of nitrogens with one attached hydrogen (secondary N) is 1. The number of rotatable bonds is 4. The largest absolute Gasteiger partial charge is 0.379 e. The molecule has 1 atom stereocenters. The molecule has 1 N–H and O–H groups in total. The Kier molecular flexibility index (Phi) is 4.11. The Balaban J connectivity index is 1.70. The van der Waals surface area contributed by atoms with E-state index in [2.05, 4.69) is 10.4 Å². The monoisotopic (exact) mass is 300 g/mol. The lowest BCUT2D eigenvalue weighted by molar-refractivity contribution is 0.102. The first-order valence-electron chi connectivity index (χ1n) is 7.34. The molecule has 0 radical (unpaired) electrons. The molecule has 22 heavy (non-hydrogen) atoms. The normalized spacial score (nSPS) is 17.5. The number of nitrogens with zero attached hydrogens (tertiary/aromatic N) is 3. The van der Waals surface area contributed by atoms with Crippen molar-refractivity contribution in [3.05, 3.63) is 42.2 Å². The summed E-state index contributed by atoms with van der Waals surface area (Å²) in [6, 6.07) is 7.78. The molecule has 2 aromatic rings. The molecule has 3 rings (SSSR count). The zero-order chi connectivity index (χ0) is 15.5. The fraction of sp³-hybridized carbons (Fsp3) is 0.375. The summed E-state index contributed by atoms with van der Waals surface area (Å²) in [7, 11) is 3.90. The summed E-state index contributed by atoms with van der Waals surface area (Å²) in [5, 5.41) is 7.19. The predicted molar refractivity (Wildman–Crippen MR) is 85.4 cm³/mol. The maximum Gasteiger partial charge on any atom is 0.255 e. The smallest absolute Gasteiger partial charge is 0.255 e. The van der Waals surface area contributed by atoms with Gasteiger partial charge >= 0.3 is 0 Å². The Morgan fingerprint density at radius 2 is 2.32 bits per heavy atom. The van der Waals surface area contributed by atoms with E-state index >= 15 is 0 Å². The Morgan fingerprint density at radius 3 is 3.05 bits per heavy atom. The van der Waals surface area contributed by atoms with Gasteiger partial charge in [-0.1, -0.05) is 6.07 Å². The van der Waals surface area contributed by atoms with Gasteiger partial charge in [0.05, 0.1) is 24.5 Å². The minimum atomic E-state index is -0.133. The molecule has 1 aromatic carbocycles. The van der Waals surface area contributed by atoms with Crippen molar-refractivity contribution in [1.82, 2.24) is 9.78 Å². The highest BCUT2D eigenvalue weighted by Gasteiger charge is 2.18. The molecule has 1 aliphatic heterocycles. The van der Waals surface area contributed by atoms with E-state index in [1.54, 1.807) is 12.3 Å². The number of aromatic nitrogens is 2. The fourth-order valence-electron chi connectivity index (χ4n) is 2.46. The van der Waals surface area contributed by atoms with Crippen molar-refractivity contribution in [3.63, 3.8) is 0 Å². The Bertz CT molecular complexity index is 660. The molecule has 1 amide bonds. The number of hydrogen-bond acceptors (Lipinski definition) is 4. The quantitative estimate of drug-likeness (QED) is 0.940. The molecule has 6 nitrogen and oxygen atoms in total. The van der Waals surface area contributed by atoms with Gasteiger partial charge in [0.1, 0.15) is 0 Å². The molecule has 0 spiro atoms. The third-order valence-electron chi connectivity index (χ3n) is 3.76. The lowest BCUT2D eigenvalue weighted by Crippen LogP contribution is -2.14. The molecule has 0 unspecified atom stereocenters. The van der Waals surface area contributed by atoms with Crippen LogP contribution in [-0.2, 0) is 4.74 Å². The summed E-state index contributed by atoms with van der Waals surface area (Å²) in [6.07, 6.45) is 4.49. The number of benzene rings is 1. The minimum absolute atomic E-state index is 0.133. The van der Waals surface area contributed by atoms with Gasteiger partial charge in [-0.05, 0) is 24.6 Å². The average molecular weight is 300 g/mol. The number of ether oxygens (including phenoxy) is 1. The SMILES string of the molecule is CN(C)c1cccc(C(=O)Nc2cnn([C@H]3CCOC3)c2)c1. The maximum absolute atomic E-state index is 12.3. The van der Waals surface area contributed by atoms with E-state index in [4.69, 9.17) is 4.74 Å². The first-order valence-corrected chi connectivity index (χ1v) is 7.34. The van der Waals surface area contributed by atoms with Crippen LogP contribution in [0.2, 0.25) is 0 Å². The van der Waals surface area contributed by atoms with Crippen molar-refractivity contribution in [2.24, 2.45) is 0 Å². The van der Waals surface area contributed by atoms with Gasteiger partial charge in [-0.3, -0.25) is 9.48 Å². The van der Waals surface area contributed by atoms with E-state index in [0.29, 0.717) is 17.9 Å². The van der Waals surface area contributed by atoms with Gasteiger partial charge in [0.2, 0.25) is 0 Å². The third kappa shape index (κ3) is 3.12. The Hall–Kier alpha value is -2.34. The number of amides is 1. The highest BCUT2D eigenvalue weighted by atomic mass is 16.5. The molecule has 0 saturated carbocycles. The maximum atomic E-state index is 12.3. The second-order valence-corrected chi connectivity index (χ2v) is 5.63. The number of hydrogen-bond donors (Lipinski definition) is 1. The summed E-state index contributed by atoms with van der Waals surface area (Å²) < 4.78 is 7.21. The van der Waals surface area contributed by atoms with Crippen molar-refractivity contribution >= 4 is 17.3 Å². The average Bonchev–Trinajstić information content (AvgIpc) is 3.18. The lowest BCUT2D eigenvalue weighted by Gasteiger charge is -2.13. The summed E-state index contributed by atoms with van der Waals surface area (Å²) in [5.41, 5.74) is 2.32. The molecule has 1 aliphatic rings. The van der Waals surface area contributed by atoms with Crippen LogP contribution >= 0.6 is 0 Å². The van der Waals surface area contributed by atoms with Crippen LogP contribution in [0.25, 0.3) is 0 Å². The molecule has 6 heteroatoms. The third-order valence-corrected chi connectivity index (χ3v) is 3.76. The molecule has 0 bridgehead atoms. The summed E-state index contributed by atoms with van der Waals surface area (Å²) in [4.78, 5) is 14.3. The zero-order valence-corrected chi connectivity index (χ0v) is 12.8. The van der Waals surface area contributed by atoms with Crippen LogP contribution in [0.4, 0.5) is 11.4 Å². The van der Waals surface area contributed by atoms with Gasteiger partial charge < -0.3 is 15.0 Å². The van der Waals surface area contributed by atoms with E-state index in [1.165, 1.54) is 0 Å². The highest BCUT2D eigenvalue weighted by molar-refractivity contribution is 6.04. The minimum Gasteiger partial charge on any atom is -0.379 e. The topological polar surface area (TPSA) is 59.4 Å². The van der Waals surface area contributed by atoms with Crippen LogP contribution in [-0.4, -0.2) is 43.0 Å². The summed E-state index contributed by atoms with van der Waals surface area (Å²) in [6.45, 7) is 1.45. The Morgan fingerprint density at radius 1 is 1.45 bits per heavy atom. The van der Waals surface area contributed by atoms with Gasteiger partial charge in [-0.2, -0.15) is 5.10 Å². The first kappa shape index (κ1) is 14.6. The van der Waals surface area contributed by atoms with E-state index in [0.717, 1.165) is 18.7 Å². The van der Waals surface area contributed by atoms with Crippen molar-refractivity contribution < 1.29 is 9.53 Å². The van der Waals surface area contributed by atoms with Gasteiger partial charge in [0, 0.05) is 38.1 Å². The van der Waals surface area contributed by atoms with Crippen LogP contribution in [0, 0.1) is 0 Å². The van der Waals surface area contributed by atoms with Crippen molar-refractivity contribution in [3.8, 4) is 0 Å². The molecule has 2 heterocycles. The molecule has 1 fully saturated rings. The fourth-order valence-corrected chi connectivity index (χ4v) is 2.46. The number of carbonyl (C=O) groups is 1. The highest BCUT2D eigenvalue weighted by Crippen LogP contribution is 2.20. The van der Waals surface area contributed by atoms with E-state index in [9.17, 15) is 4.79 Å². The zero-order valence-electron chi connectivity index (χ0n) is 12.8. The van der Waals surface area contributed by atoms with Crippen LogP contribution in [0.5, 0.6) is 0 Å². The molecule has 1 aromatic heterocycles. The molecule has 0 aliphatic carbocycles. The van der Waals surface area contributed by atoms with E-state index in [1.807, 2.05) is 48.1 Å². The van der Waals surface area contributed by atoms with Gasteiger partial charge in [-0.15, -0.1) is 0 Å². The van der Waals surface area contributed by atoms with Crippen LogP contribution < -0.4 is 10.2 Å². The van der Waals surface area contributed by atoms with E-state index < -0.39 is 0 Å². The van der Waals surface area contributed by atoms with Crippen molar-refractivity contribution in [2.45, 2.75) is 12.5 Å². The Labute approximate surface area is 129 Å². The molecular formula is C16H20N4O2. The standard InChI is InChI=1S/C16H20N4O2/c1-19(2)14-5-3-4-12(8-14)16(21)18-13-9-17-20(10-13)15-6-7-22-11-15/h3-5,8-10,15H,6-7,11H2,1-2H3,(H,18,21)/t15-/m0/s1. The lowest BCUT2D eigenvalue weighted by atomic mass is 10.2. The summed E-state index contributed by atoms with van der Waals surface area (Å²) >= 11 is 0. The van der Waals surface area contributed by atoms with Crippen LogP contribution in [0.1, 0.15) is 22.8 Å². The van der Waals surface area contributed by atoms with Crippen LogP contribution in [0.15, 0.2) is 36.7 Å². The molecular weight excluding hydrogens is 280 g/mol. The number of anilines is 2. The molecule has 1 saturated heterocycles. The second-order valence-electron chi connectivity index (χ2n) is 5.63. The van der Waals surface area contributed by atoms with Crippen LogP contribution in [0.3, 0.4) is 0 Å². The second kappa shape index (κ2) is 6.19. The van der Waals surface area contributed by atoms with Gasteiger partial charge in [-0.25, -0.2) is 0 Å². The van der Waals surface area contributed by atoms with Gasteiger partial charge in [0.25, 0.3) is 5.91 Å². The number of carbonyl (C=O) groups excluding carboxylic acids is 1.